The lowest BCUT2D eigenvalue weighted by atomic mass is 10.0. The van der Waals surface area contributed by atoms with Crippen LogP contribution in [-0.4, -0.2) is 44.2 Å². The van der Waals surface area contributed by atoms with E-state index in [4.69, 9.17) is 0 Å². The quantitative estimate of drug-likeness (QED) is 0.252. The summed E-state index contributed by atoms with van der Waals surface area (Å²) in [5, 5.41) is 13.3. The number of hydrogen-bond acceptors (Lipinski definition) is 6. The monoisotopic (exact) mass is 561 g/mol. The molecule has 1 aliphatic rings. The smallest absolute Gasteiger partial charge is 0.395 e. The Kier molecular flexibility index (Phi) is 7.65. The number of pyridine rings is 1. The SMILES string of the molecule is OCC1CCCCN1Cc1nc(Nc2ccc(C(F)(F)F)cc2)c2ccc(-c3ncccc3C(F)(F)F)cc2n1. The summed E-state index contributed by atoms with van der Waals surface area (Å²) in [6, 6.07) is 11.1. The number of likely N-dealkylation sites (tertiary alicyclic amines) is 1. The minimum Gasteiger partial charge on any atom is -0.395 e. The van der Waals surface area contributed by atoms with Gasteiger partial charge in [-0.15, -0.1) is 0 Å². The van der Waals surface area contributed by atoms with Crippen molar-refractivity contribution in [3.05, 3.63) is 77.7 Å². The Morgan fingerprint density at radius 1 is 0.925 bits per heavy atom. The molecule has 210 valence electrons. The summed E-state index contributed by atoms with van der Waals surface area (Å²) < 4.78 is 80.1. The van der Waals surface area contributed by atoms with E-state index in [0.717, 1.165) is 44.0 Å². The molecule has 3 heterocycles. The van der Waals surface area contributed by atoms with Crippen LogP contribution in [0.25, 0.3) is 22.2 Å². The first kappa shape index (κ1) is 27.8. The Balaban J connectivity index is 1.58. The van der Waals surface area contributed by atoms with Gasteiger partial charge in [0.05, 0.1) is 35.5 Å². The third-order valence-electron chi connectivity index (χ3n) is 6.91. The first-order chi connectivity index (χ1) is 19.0. The van der Waals surface area contributed by atoms with E-state index in [1.165, 1.54) is 36.5 Å². The summed E-state index contributed by atoms with van der Waals surface area (Å²) in [4.78, 5) is 15.3. The number of fused-ring (bicyclic) bond motifs is 1. The summed E-state index contributed by atoms with van der Waals surface area (Å²) in [6.45, 7) is 0.968. The predicted molar refractivity (Wildman–Crippen MR) is 138 cm³/mol. The summed E-state index contributed by atoms with van der Waals surface area (Å²) in [5.41, 5.74) is -1.04. The first-order valence-electron chi connectivity index (χ1n) is 12.7. The maximum atomic E-state index is 13.7. The van der Waals surface area contributed by atoms with Crippen molar-refractivity contribution in [2.75, 3.05) is 18.5 Å². The third kappa shape index (κ3) is 6.02. The van der Waals surface area contributed by atoms with Crippen LogP contribution in [0.2, 0.25) is 0 Å². The van der Waals surface area contributed by atoms with E-state index in [0.29, 0.717) is 28.2 Å². The lowest BCUT2D eigenvalue weighted by molar-refractivity contribution is -0.138. The van der Waals surface area contributed by atoms with E-state index < -0.39 is 23.5 Å². The molecule has 4 aromatic rings. The third-order valence-corrected chi connectivity index (χ3v) is 6.91. The zero-order chi connectivity index (χ0) is 28.5. The average Bonchev–Trinajstić information content (AvgIpc) is 2.92. The molecular formula is C28H25F6N5O. The fraction of sp³-hybridized carbons (Fsp3) is 0.321. The lowest BCUT2D eigenvalue weighted by Gasteiger charge is -2.34. The molecule has 0 spiro atoms. The molecule has 2 N–H and O–H groups in total. The highest BCUT2D eigenvalue weighted by atomic mass is 19.4. The van der Waals surface area contributed by atoms with Gasteiger partial charge in [-0.05, 0) is 67.9 Å². The molecule has 2 aromatic heterocycles. The standard InChI is InChI=1S/C28H25F6N5O/c29-27(30,31)18-7-9-19(10-8-18)36-26-21-11-6-17(25-22(28(32,33)34)5-3-12-35-25)14-23(21)37-24(38-26)15-39-13-2-1-4-20(39)16-40/h3,5-12,14,20,40H,1-2,4,13,15-16H2,(H,36,37,38). The molecule has 40 heavy (non-hydrogen) atoms. The Bertz CT molecular complexity index is 1490. The summed E-state index contributed by atoms with van der Waals surface area (Å²) in [6.07, 6.45) is -5.09. The minimum atomic E-state index is -4.61. The van der Waals surface area contributed by atoms with Gasteiger partial charge in [0, 0.05) is 28.9 Å². The molecule has 6 nitrogen and oxygen atoms in total. The van der Waals surface area contributed by atoms with E-state index in [1.807, 2.05) is 0 Å². The highest BCUT2D eigenvalue weighted by molar-refractivity contribution is 5.93. The van der Waals surface area contributed by atoms with Crippen molar-refractivity contribution < 1.29 is 31.4 Å². The van der Waals surface area contributed by atoms with Crippen molar-refractivity contribution in [2.24, 2.45) is 0 Å². The maximum Gasteiger partial charge on any atom is 0.418 e. The molecule has 1 fully saturated rings. The number of nitrogens with one attached hydrogen (secondary N) is 1. The summed E-state index contributed by atoms with van der Waals surface area (Å²) in [7, 11) is 0. The predicted octanol–water partition coefficient (Wildman–Crippen LogP) is 6.82. The fourth-order valence-electron chi connectivity index (χ4n) is 4.89. The molecular weight excluding hydrogens is 536 g/mol. The van der Waals surface area contributed by atoms with E-state index >= 15 is 0 Å². The van der Waals surface area contributed by atoms with Crippen LogP contribution >= 0.6 is 0 Å². The van der Waals surface area contributed by atoms with Crippen LogP contribution in [-0.2, 0) is 18.9 Å². The molecule has 1 unspecified atom stereocenters. The van der Waals surface area contributed by atoms with E-state index in [9.17, 15) is 31.4 Å². The van der Waals surface area contributed by atoms with Crippen LogP contribution in [0.5, 0.6) is 0 Å². The van der Waals surface area contributed by atoms with Gasteiger partial charge in [0.2, 0.25) is 0 Å². The normalized spacial score (nSPS) is 16.8. The minimum absolute atomic E-state index is 0.0334. The largest absolute Gasteiger partial charge is 0.418 e. The second kappa shape index (κ2) is 11.0. The highest BCUT2D eigenvalue weighted by Crippen LogP contribution is 2.37. The topological polar surface area (TPSA) is 74.2 Å². The molecule has 2 aromatic carbocycles. The number of piperidine rings is 1. The molecule has 0 saturated carbocycles. The van der Waals surface area contributed by atoms with E-state index in [2.05, 4.69) is 25.2 Å². The number of aliphatic hydroxyl groups excluding tert-OH is 1. The number of aromatic nitrogens is 3. The van der Waals surface area contributed by atoms with Crippen LogP contribution in [0.3, 0.4) is 0 Å². The van der Waals surface area contributed by atoms with E-state index in [1.54, 1.807) is 6.07 Å². The van der Waals surface area contributed by atoms with Crippen molar-refractivity contribution in [1.82, 2.24) is 19.9 Å². The second-order valence-electron chi connectivity index (χ2n) is 9.62. The second-order valence-corrected chi connectivity index (χ2v) is 9.62. The number of hydrogen-bond donors (Lipinski definition) is 2. The van der Waals surface area contributed by atoms with Crippen molar-refractivity contribution >= 4 is 22.4 Å². The Morgan fingerprint density at radius 3 is 2.40 bits per heavy atom. The number of alkyl halides is 6. The number of benzene rings is 2. The fourth-order valence-corrected chi connectivity index (χ4v) is 4.89. The van der Waals surface area contributed by atoms with Crippen molar-refractivity contribution in [3.8, 4) is 11.3 Å². The molecule has 0 amide bonds. The number of halogens is 6. The number of aliphatic hydroxyl groups is 1. The Labute approximate surface area is 225 Å². The van der Waals surface area contributed by atoms with Crippen LogP contribution < -0.4 is 5.32 Å². The summed E-state index contributed by atoms with van der Waals surface area (Å²) >= 11 is 0. The first-order valence-corrected chi connectivity index (χ1v) is 12.7. The Hall–Kier alpha value is -3.77. The molecule has 12 heteroatoms. The molecule has 5 rings (SSSR count). The highest BCUT2D eigenvalue weighted by Gasteiger charge is 2.34. The molecule has 0 radical (unpaired) electrons. The van der Waals surface area contributed by atoms with Crippen molar-refractivity contribution in [1.29, 1.82) is 0 Å². The zero-order valence-corrected chi connectivity index (χ0v) is 21.1. The van der Waals surface area contributed by atoms with Crippen LogP contribution in [0.4, 0.5) is 37.8 Å². The number of rotatable bonds is 6. The van der Waals surface area contributed by atoms with Gasteiger partial charge in [-0.3, -0.25) is 9.88 Å². The van der Waals surface area contributed by atoms with Gasteiger partial charge in [-0.25, -0.2) is 9.97 Å². The molecule has 0 bridgehead atoms. The molecule has 1 saturated heterocycles. The average molecular weight is 562 g/mol. The van der Waals surface area contributed by atoms with Gasteiger partial charge < -0.3 is 10.4 Å². The summed E-state index contributed by atoms with van der Waals surface area (Å²) in [5.74, 6) is 0.650. The van der Waals surface area contributed by atoms with Crippen LogP contribution in [0.15, 0.2) is 60.8 Å². The molecule has 1 aliphatic heterocycles. The zero-order valence-electron chi connectivity index (χ0n) is 21.1. The van der Waals surface area contributed by atoms with Gasteiger partial charge in [0.1, 0.15) is 11.6 Å². The van der Waals surface area contributed by atoms with E-state index in [-0.39, 0.29) is 30.5 Å². The van der Waals surface area contributed by atoms with Crippen molar-refractivity contribution in [2.45, 2.75) is 44.2 Å². The van der Waals surface area contributed by atoms with Gasteiger partial charge in [0.25, 0.3) is 0 Å². The lowest BCUT2D eigenvalue weighted by Crippen LogP contribution is -2.41. The number of anilines is 2. The molecule has 0 aliphatic carbocycles. The van der Waals surface area contributed by atoms with Crippen molar-refractivity contribution in [3.63, 3.8) is 0 Å². The van der Waals surface area contributed by atoms with Crippen LogP contribution in [0, 0.1) is 0 Å². The Morgan fingerprint density at radius 2 is 1.70 bits per heavy atom. The maximum absolute atomic E-state index is 13.7. The van der Waals surface area contributed by atoms with Gasteiger partial charge >= 0.3 is 12.4 Å². The van der Waals surface area contributed by atoms with Gasteiger partial charge in [-0.1, -0.05) is 12.5 Å². The van der Waals surface area contributed by atoms with Gasteiger partial charge in [0.15, 0.2) is 0 Å². The van der Waals surface area contributed by atoms with Crippen LogP contribution in [0.1, 0.15) is 36.2 Å². The molecule has 1 atom stereocenters. The number of nitrogens with zero attached hydrogens (tertiary/aromatic N) is 4. The van der Waals surface area contributed by atoms with Gasteiger partial charge in [-0.2, -0.15) is 26.3 Å².